The summed E-state index contributed by atoms with van der Waals surface area (Å²) in [6.45, 7) is 2.99. The quantitative estimate of drug-likeness (QED) is 0.753. The molecule has 0 saturated carbocycles. The van der Waals surface area contributed by atoms with E-state index >= 15 is 0 Å². The van der Waals surface area contributed by atoms with Crippen molar-refractivity contribution >= 4 is 36.9 Å². The van der Waals surface area contributed by atoms with Gasteiger partial charge in [0.25, 0.3) is 0 Å². The Bertz CT molecular complexity index is 622. The Kier molecular flexibility index (Phi) is 4.76. The highest BCUT2D eigenvalue weighted by Gasteiger charge is 2.11. The van der Waals surface area contributed by atoms with Crippen molar-refractivity contribution in [1.29, 1.82) is 0 Å². The van der Waals surface area contributed by atoms with E-state index in [1.54, 1.807) is 10.7 Å². The SMILES string of the molecule is Cc1nn(COCCS(C)(C)C)c2cc(F)c(Br)cc12. The Morgan fingerprint density at radius 2 is 2.05 bits per heavy atom. The molecule has 112 valence electrons. The van der Waals surface area contributed by atoms with E-state index in [2.05, 4.69) is 39.8 Å². The Hall–Kier alpha value is -0.590. The molecule has 1 aromatic heterocycles. The van der Waals surface area contributed by atoms with E-state index in [9.17, 15) is 4.39 Å². The van der Waals surface area contributed by atoms with Crippen LogP contribution < -0.4 is 0 Å². The molecular weight excluding hydrogens is 343 g/mol. The molecule has 0 fully saturated rings. The van der Waals surface area contributed by atoms with E-state index in [0.717, 1.165) is 22.3 Å². The van der Waals surface area contributed by atoms with E-state index in [4.69, 9.17) is 4.74 Å². The van der Waals surface area contributed by atoms with Crippen molar-refractivity contribution in [3.63, 3.8) is 0 Å². The molecule has 0 aliphatic rings. The molecule has 0 amide bonds. The van der Waals surface area contributed by atoms with E-state index in [-0.39, 0.29) is 5.82 Å². The maximum Gasteiger partial charge on any atom is 0.140 e. The number of halogens is 2. The molecule has 20 heavy (non-hydrogen) atoms. The fourth-order valence-electron chi connectivity index (χ4n) is 1.89. The first-order valence-corrected chi connectivity index (χ1v) is 10.2. The van der Waals surface area contributed by atoms with Gasteiger partial charge in [0.1, 0.15) is 12.5 Å². The summed E-state index contributed by atoms with van der Waals surface area (Å²) in [6, 6.07) is 3.26. The second-order valence-electron chi connectivity index (χ2n) is 5.70. The number of fused-ring (bicyclic) bond motifs is 1. The van der Waals surface area contributed by atoms with Crippen molar-refractivity contribution in [1.82, 2.24) is 9.78 Å². The van der Waals surface area contributed by atoms with E-state index in [1.165, 1.54) is 6.07 Å². The molecule has 2 aromatic rings. The van der Waals surface area contributed by atoms with Crippen LogP contribution in [-0.2, 0) is 11.5 Å². The number of aryl methyl sites for hydroxylation is 1. The van der Waals surface area contributed by atoms with Gasteiger partial charge in [0.05, 0.1) is 22.3 Å². The molecule has 2 rings (SSSR count). The van der Waals surface area contributed by atoms with Gasteiger partial charge in [0.2, 0.25) is 0 Å². The van der Waals surface area contributed by atoms with Gasteiger partial charge in [-0.2, -0.15) is 5.10 Å². The van der Waals surface area contributed by atoms with Gasteiger partial charge in [-0.1, -0.05) is 0 Å². The summed E-state index contributed by atoms with van der Waals surface area (Å²) in [5.74, 6) is 0.781. The van der Waals surface area contributed by atoms with Crippen molar-refractivity contribution in [3.05, 3.63) is 28.1 Å². The van der Waals surface area contributed by atoms with Crippen molar-refractivity contribution in [3.8, 4) is 0 Å². The summed E-state index contributed by atoms with van der Waals surface area (Å²) in [5.41, 5.74) is 1.65. The smallest absolute Gasteiger partial charge is 0.140 e. The van der Waals surface area contributed by atoms with Gasteiger partial charge < -0.3 is 4.74 Å². The van der Waals surface area contributed by atoms with Gasteiger partial charge >= 0.3 is 0 Å². The van der Waals surface area contributed by atoms with Crippen LogP contribution in [0.5, 0.6) is 0 Å². The van der Waals surface area contributed by atoms with Crippen LogP contribution in [0.1, 0.15) is 5.69 Å². The second kappa shape index (κ2) is 6.03. The van der Waals surface area contributed by atoms with Crippen LogP contribution >= 0.6 is 26.0 Å². The van der Waals surface area contributed by atoms with Crippen LogP contribution in [0, 0.1) is 12.7 Å². The zero-order valence-electron chi connectivity index (χ0n) is 12.2. The third kappa shape index (κ3) is 3.74. The lowest BCUT2D eigenvalue weighted by atomic mass is 10.2. The van der Waals surface area contributed by atoms with Crippen LogP contribution in [0.4, 0.5) is 4.39 Å². The lowest BCUT2D eigenvalue weighted by molar-refractivity contribution is 0.0838. The van der Waals surface area contributed by atoms with Gasteiger partial charge in [-0.05, 0) is 47.7 Å². The minimum absolute atomic E-state index is 0.280. The van der Waals surface area contributed by atoms with Crippen LogP contribution in [0.25, 0.3) is 10.9 Å². The number of hydrogen-bond acceptors (Lipinski definition) is 2. The molecule has 0 unspecified atom stereocenters. The van der Waals surface area contributed by atoms with E-state index in [1.807, 2.05) is 6.92 Å². The van der Waals surface area contributed by atoms with Gasteiger partial charge in [-0.25, -0.2) is 19.1 Å². The maximum absolute atomic E-state index is 13.7. The average Bonchev–Trinajstić information content (AvgIpc) is 2.62. The molecule has 0 saturated heterocycles. The maximum atomic E-state index is 13.7. The largest absolute Gasteiger partial charge is 0.358 e. The van der Waals surface area contributed by atoms with Gasteiger partial charge in [0.15, 0.2) is 0 Å². The Balaban J connectivity index is 2.13. The molecule has 0 spiro atoms. The molecule has 0 bridgehead atoms. The Morgan fingerprint density at radius 1 is 1.35 bits per heavy atom. The molecule has 0 radical (unpaired) electrons. The van der Waals surface area contributed by atoms with Crippen molar-refractivity contribution in [2.75, 3.05) is 31.1 Å². The number of benzene rings is 1. The monoisotopic (exact) mass is 362 g/mol. The van der Waals surface area contributed by atoms with Crippen molar-refractivity contribution in [2.24, 2.45) is 0 Å². The van der Waals surface area contributed by atoms with Gasteiger partial charge in [-0.15, -0.1) is 0 Å². The van der Waals surface area contributed by atoms with Crippen molar-refractivity contribution < 1.29 is 9.13 Å². The molecule has 0 N–H and O–H groups in total. The third-order valence-corrected chi connectivity index (χ3v) is 5.03. The first-order valence-electron chi connectivity index (χ1n) is 6.34. The highest BCUT2D eigenvalue weighted by Crippen LogP contribution is 2.33. The van der Waals surface area contributed by atoms with Crippen LogP contribution in [-0.4, -0.2) is 40.9 Å². The molecule has 3 nitrogen and oxygen atoms in total. The summed E-state index contributed by atoms with van der Waals surface area (Å²) in [7, 11) is -0.549. The predicted octanol–water partition coefficient (Wildman–Crippen LogP) is 3.91. The highest BCUT2D eigenvalue weighted by molar-refractivity contribution is 9.10. The molecule has 1 heterocycles. The fourth-order valence-corrected chi connectivity index (χ4v) is 2.85. The zero-order valence-corrected chi connectivity index (χ0v) is 14.6. The summed E-state index contributed by atoms with van der Waals surface area (Å²) < 4.78 is 21.5. The molecule has 0 aliphatic carbocycles. The number of hydrogen-bond donors (Lipinski definition) is 0. The Labute approximate surface area is 128 Å². The standard InChI is InChI=1S/C14H20BrFN2OS/c1-10-11-7-12(15)13(16)8-14(11)18(17-10)9-19-5-6-20(2,3)4/h7-8H,5-6,9H2,1-4H3. The Morgan fingerprint density at radius 3 is 2.70 bits per heavy atom. The van der Waals surface area contributed by atoms with E-state index < -0.39 is 10.0 Å². The lowest BCUT2D eigenvalue weighted by Gasteiger charge is -2.24. The lowest BCUT2D eigenvalue weighted by Crippen LogP contribution is -2.10. The van der Waals surface area contributed by atoms with Crippen LogP contribution in [0.2, 0.25) is 0 Å². The normalized spacial score (nSPS) is 13.1. The van der Waals surface area contributed by atoms with Gasteiger partial charge in [-0.3, -0.25) is 0 Å². The first kappa shape index (κ1) is 15.8. The van der Waals surface area contributed by atoms with E-state index in [0.29, 0.717) is 17.8 Å². The highest BCUT2D eigenvalue weighted by atomic mass is 79.9. The minimum atomic E-state index is -0.549. The number of ether oxygens (including phenoxy) is 1. The summed E-state index contributed by atoms with van der Waals surface area (Å²) in [4.78, 5) is 0. The van der Waals surface area contributed by atoms with Crippen LogP contribution in [0.15, 0.2) is 16.6 Å². The molecular formula is C14H20BrFN2OS. The average molecular weight is 363 g/mol. The minimum Gasteiger partial charge on any atom is -0.358 e. The topological polar surface area (TPSA) is 27.1 Å². The number of aromatic nitrogens is 2. The second-order valence-corrected chi connectivity index (χ2v) is 11.1. The summed E-state index contributed by atoms with van der Waals surface area (Å²) in [6.07, 6.45) is 6.78. The van der Waals surface area contributed by atoms with Gasteiger partial charge in [0, 0.05) is 17.2 Å². The molecule has 0 aliphatic heterocycles. The number of rotatable bonds is 5. The zero-order chi connectivity index (χ0) is 14.9. The van der Waals surface area contributed by atoms with Crippen molar-refractivity contribution in [2.45, 2.75) is 13.7 Å². The molecule has 6 heteroatoms. The number of nitrogens with zero attached hydrogens (tertiary/aromatic N) is 2. The molecule has 1 aromatic carbocycles. The predicted molar refractivity (Wildman–Crippen MR) is 88.3 cm³/mol. The fraction of sp³-hybridized carbons (Fsp3) is 0.500. The third-order valence-electron chi connectivity index (χ3n) is 3.03. The molecule has 0 atom stereocenters. The summed E-state index contributed by atoms with van der Waals surface area (Å²) >= 11 is 3.20. The summed E-state index contributed by atoms with van der Waals surface area (Å²) in [5, 5.41) is 5.36. The van der Waals surface area contributed by atoms with Crippen LogP contribution in [0.3, 0.4) is 0 Å². The first-order chi connectivity index (χ1) is 9.28.